The van der Waals surface area contributed by atoms with Crippen molar-refractivity contribution < 1.29 is 9.90 Å². The van der Waals surface area contributed by atoms with Gasteiger partial charge in [0, 0.05) is 11.2 Å². The van der Waals surface area contributed by atoms with Crippen LogP contribution in [-0.4, -0.2) is 22.0 Å². The van der Waals surface area contributed by atoms with E-state index in [-0.39, 0.29) is 11.6 Å². The third kappa shape index (κ3) is 4.17. The Kier molecular flexibility index (Phi) is 5.17. The number of pyridine rings is 1. The summed E-state index contributed by atoms with van der Waals surface area (Å²) in [5.41, 5.74) is 0.922. The highest BCUT2D eigenvalue weighted by molar-refractivity contribution is 6.30. The van der Waals surface area contributed by atoms with Crippen molar-refractivity contribution in [1.82, 2.24) is 10.3 Å². The van der Waals surface area contributed by atoms with E-state index in [4.69, 9.17) is 23.2 Å². The number of hydrogen-bond donors (Lipinski definition) is 2. The van der Waals surface area contributed by atoms with Crippen molar-refractivity contribution in [2.24, 2.45) is 0 Å². The highest BCUT2D eigenvalue weighted by Gasteiger charge is 2.19. The van der Waals surface area contributed by atoms with Crippen molar-refractivity contribution in [3.8, 4) is 0 Å². The van der Waals surface area contributed by atoms with Crippen LogP contribution in [0.2, 0.25) is 10.0 Å². The fraction of sp³-hybridized carbons (Fsp3) is 0.200. The molecule has 1 heterocycles. The van der Waals surface area contributed by atoms with Crippen molar-refractivity contribution in [2.45, 2.75) is 19.1 Å². The highest BCUT2D eigenvalue weighted by Crippen LogP contribution is 2.19. The van der Waals surface area contributed by atoms with Crippen molar-refractivity contribution in [3.63, 3.8) is 0 Å². The molecule has 0 aliphatic rings. The second kappa shape index (κ2) is 6.89. The Morgan fingerprint density at radius 3 is 2.33 bits per heavy atom. The number of aliphatic hydroxyl groups excluding tert-OH is 1. The smallest absolute Gasteiger partial charge is 0.270 e. The summed E-state index contributed by atoms with van der Waals surface area (Å²) in [6.07, 6.45) is 0.565. The molecule has 110 valence electrons. The largest absolute Gasteiger partial charge is 0.386 e. The molecule has 2 aromatic rings. The molecule has 21 heavy (non-hydrogen) atoms. The molecule has 0 bridgehead atoms. The molecule has 0 radical (unpaired) electrons. The van der Waals surface area contributed by atoms with Gasteiger partial charge in [0.2, 0.25) is 0 Å². The maximum atomic E-state index is 12.0. The second-order valence-corrected chi connectivity index (χ2v) is 5.49. The molecule has 0 aliphatic carbocycles. The fourth-order valence-electron chi connectivity index (χ4n) is 1.82. The van der Waals surface area contributed by atoms with E-state index in [2.05, 4.69) is 10.3 Å². The average molecular weight is 325 g/mol. The number of carbonyl (C=O) groups excluding carboxylic acids is 1. The molecule has 2 atom stereocenters. The van der Waals surface area contributed by atoms with E-state index in [1.165, 1.54) is 12.3 Å². The number of rotatable bonds is 4. The molecular weight excluding hydrogens is 311 g/mol. The summed E-state index contributed by atoms with van der Waals surface area (Å²) in [5, 5.41) is 14.0. The van der Waals surface area contributed by atoms with Crippen molar-refractivity contribution in [2.75, 3.05) is 0 Å². The first kappa shape index (κ1) is 15.8. The van der Waals surface area contributed by atoms with Crippen LogP contribution in [0.3, 0.4) is 0 Å². The molecule has 4 nitrogen and oxygen atoms in total. The van der Waals surface area contributed by atoms with E-state index < -0.39 is 12.1 Å². The zero-order chi connectivity index (χ0) is 15.4. The van der Waals surface area contributed by atoms with E-state index >= 15 is 0 Å². The third-order valence-electron chi connectivity index (χ3n) is 3.00. The van der Waals surface area contributed by atoms with Crippen LogP contribution in [0.1, 0.15) is 29.1 Å². The Hall–Kier alpha value is -1.62. The summed E-state index contributed by atoms with van der Waals surface area (Å²) >= 11 is 11.5. The van der Waals surface area contributed by atoms with Gasteiger partial charge in [-0.05, 0) is 36.8 Å². The number of halogens is 2. The Labute approximate surface area is 132 Å². The number of carbonyl (C=O) groups is 1. The van der Waals surface area contributed by atoms with Crippen molar-refractivity contribution in [3.05, 3.63) is 63.9 Å². The van der Waals surface area contributed by atoms with Crippen LogP contribution in [0.4, 0.5) is 0 Å². The molecule has 0 aliphatic heterocycles. The van der Waals surface area contributed by atoms with Gasteiger partial charge >= 0.3 is 0 Å². The maximum Gasteiger partial charge on any atom is 0.270 e. The van der Waals surface area contributed by atoms with Crippen LogP contribution in [-0.2, 0) is 0 Å². The van der Waals surface area contributed by atoms with Crippen molar-refractivity contribution >= 4 is 29.1 Å². The van der Waals surface area contributed by atoms with Gasteiger partial charge in [0.15, 0.2) is 0 Å². The number of nitrogens with zero attached hydrogens (tertiary/aromatic N) is 1. The van der Waals surface area contributed by atoms with E-state index in [0.717, 1.165) is 0 Å². The Morgan fingerprint density at radius 1 is 1.14 bits per heavy atom. The first-order valence-electron chi connectivity index (χ1n) is 6.33. The quantitative estimate of drug-likeness (QED) is 0.907. The first-order chi connectivity index (χ1) is 9.97. The lowest BCUT2D eigenvalue weighted by molar-refractivity contribution is 0.0847. The SMILES string of the molecule is CC(NC(=O)c1ccc(Cl)cn1)C(O)c1ccc(Cl)cc1. The molecule has 2 unspecified atom stereocenters. The molecule has 0 saturated heterocycles. The predicted molar refractivity (Wildman–Crippen MR) is 82.6 cm³/mol. The van der Waals surface area contributed by atoms with Crippen molar-refractivity contribution in [1.29, 1.82) is 0 Å². The van der Waals surface area contributed by atoms with Gasteiger partial charge in [0.1, 0.15) is 5.69 Å². The summed E-state index contributed by atoms with van der Waals surface area (Å²) in [6.45, 7) is 1.72. The molecular formula is C15H14Cl2N2O2. The second-order valence-electron chi connectivity index (χ2n) is 4.62. The number of benzene rings is 1. The summed E-state index contributed by atoms with van der Waals surface area (Å²) in [6, 6.07) is 9.45. The molecule has 0 fully saturated rings. The standard InChI is InChI=1S/C15H14Cl2N2O2/c1-9(14(20)10-2-4-11(16)5-3-10)19-15(21)13-7-6-12(17)8-18-13/h2-9,14,20H,1H3,(H,19,21). The number of aromatic nitrogens is 1. The number of amides is 1. The van der Waals surface area contributed by atoms with E-state index in [1.807, 2.05) is 0 Å². The fourth-order valence-corrected chi connectivity index (χ4v) is 2.06. The summed E-state index contributed by atoms with van der Waals surface area (Å²) in [5.74, 6) is -0.368. The zero-order valence-electron chi connectivity index (χ0n) is 11.3. The molecule has 0 spiro atoms. The monoisotopic (exact) mass is 324 g/mol. The van der Waals surface area contributed by atoms with Gasteiger partial charge in [-0.25, -0.2) is 4.98 Å². The molecule has 1 aromatic carbocycles. The van der Waals surface area contributed by atoms with Crippen LogP contribution in [0.25, 0.3) is 0 Å². The van der Waals surface area contributed by atoms with Gasteiger partial charge < -0.3 is 10.4 Å². The minimum Gasteiger partial charge on any atom is -0.386 e. The first-order valence-corrected chi connectivity index (χ1v) is 7.09. The average Bonchev–Trinajstić information content (AvgIpc) is 2.47. The minimum absolute atomic E-state index is 0.245. The topological polar surface area (TPSA) is 62.2 Å². The van der Waals surface area contributed by atoms with Gasteiger partial charge in [-0.1, -0.05) is 35.3 Å². The van der Waals surface area contributed by atoms with Crippen LogP contribution < -0.4 is 5.32 Å². The van der Waals surface area contributed by atoms with Crippen LogP contribution in [0.15, 0.2) is 42.6 Å². The lowest BCUT2D eigenvalue weighted by atomic mass is 10.0. The number of aliphatic hydroxyl groups is 1. The van der Waals surface area contributed by atoms with Crippen LogP contribution in [0, 0.1) is 0 Å². The van der Waals surface area contributed by atoms with E-state index in [9.17, 15) is 9.90 Å². The van der Waals surface area contributed by atoms with E-state index in [1.54, 1.807) is 37.3 Å². The number of hydrogen-bond acceptors (Lipinski definition) is 3. The van der Waals surface area contributed by atoms with Gasteiger partial charge in [-0.3, -0.25) is 4.79 Å². The molecule has 2 rings (SSSR count). The Bertz CT molecular complexity index is 615. The van der Waals surface area contributed by atoms with E-state index in [0.29, 0.717) is 15.6 Å². The lowest BCUT2D eigenvalue weighted by Gasteiger charge is -2.20. The van der Waals surface area contributed by atoms with Gasteiger partial charge in [-0.15, -0.1) is 0 Å². The summed E-state index contributed by atoms with van der Waals surface area (Å²) in [7, 11) is 0. The zero-order valence-corrected chi connectivity index (χ0v) is 12.8. The third-order valence-corrected chi connectivity index (χ3v) is 3.48. The predicted octanol–water partition coefficient (Wildman–Crippen LogP) is 3.24. The van der Waals surface area contributed by atoms with Gasteiger partial charge in [-0.2, -0.15) is 0 Å². The lowest BCUT2D eigenvalue weighted by Crippen LogP contribution is -2.37. The maximum absolute atomic E-state index is 12.0. The van der Waals surface area contributed by atoms with Crippen LogP contribution >= 0.6 is 23.2 Å². The molecule has 1 amide bonds. The molecule has 6 heteroatoms. The number of nitrogens with one attached hydrogen (secondary N) is 1. The van der Waals surface area contributed by atoms with Gasteiger partial charge in [0.05, 0.1) is 17.2 Å². The molecule has 2 N–H and O–H groups in total. The summed E-state index contributed by atoms with van der Waals surface area (Å²) < 4.78 is 0. The Balaban J connectivity index is 2.03. The normalized spacial score (nSPS) is 13.5. The van der Waals surface area contributed by atoms with Gasteiger partial charge in [0.25, 0.3) is 5.91 Å². The molecule has 1 aromatic heterocycles. The Morgan fingerprint density at radius 2 is 1.76 bits per heavy atom. The molecule has 0 saturated carbocycles. The highest BCUT2D eigenvalue weighted by atomic mass is 35.5. The summed E-state index contributed by atoms with van der Waals surface area (Å²) in [4.78, 5) is 15.9. The minimum atomic E-state index is -0.835. The van der Waals surface area contributed by atoms with Crippen LogP contribution in [0.5, 0.6) is 0 Å².